The number of pyridine rings is 1. The number of hydrogen-bond donors (Lipinski definition) is 0. The first kappa shape index (κ1) is 14.9. The molecule has 0 amide bonds. The Hall–Kier alpha value is -3.35. The summed E-state index contributed by atoms with van der Waals surface area (Å²) in [6, 6.07) is 9.54. The van der Waals surface area contributed by atoms with E-state index in [1.54, 1.807) is 21.5 Å². The van der Waals surface area contributed by atoms with E-state index in [0.29, 0.717) is 25.1 Å². The van der Waals surface area contributed by atoms with Crippen LogP contribution in [0.4, 0.5) is 0 Å². The van der Waals surface area contributed by atoms with E-state index in [9.17, 15) is 4.79 Å². The maximum atomic E-state index is 12.9. The molecule has 4 heterocycles. The number of aryl methyl sites for hydroxylation is 1. The second-order valence-electron chi connectivity index (χ2n) is 6.34. The van der Waals surface area contributed by atoms with Gasteiger partial charge in [0, 0.05) is 18.5 Å². The number of ether oxygens (including phenoxy) is 2. The molecule has 0 saturated heterocycles. The van der Waals surface area contributed by atoms with Crippen LogP contribution in [-0.2, 0) is 6.54 Å². The van der Waals surface area contributed by atoms with E-state index in [4.69, 9.17) is 9.47 Å². The van der Waals surface area contributed by atoms with Gasteiger partial charge in [-0.25, -0.2) is 9.50 Å². The third-order valence-electron chi connectivity index (χ3n) is 4.51. The molecule has 7 nitrogen and oxygen atoms in total. The Balaban J connectivity index is 1.58. The lowest BCUT2D eigenvalue weighted by atomic mass is 10.2. The van der Waals surface area contributed by atoms with Crippen LogP contribution in [0.5, 0.6) is 11.5 Å². The zero-order chi connectivity index (χ0) is 17.7. The Morgan fingerprint density at radius 2 is 1.96 bits per heavy atom. The molecular formula is C19H16N4O3. The largest absolute Gasteiger partial charge is 0.486 e. The van der Waals surface area contributed by atoms with Crippen LogP contribution in [-0.4, -0.2) is 32.4 Å². The van der Waals surface area contributed by atoms with Crippen LogP contribution < -0.4 is 15.0 Å². The molecule has 1 aliphatic rings. The van der Waals surface area contributed by atoms with Crippen LogP contribution in [0.25, 0.3) is 16.6 Å². The van der Waals surface area contributed by atoms with Gasteiger partial charge < -0.3 is 14.0 Å². The van der Waals surface area contributed by atoms with Crippen LogP contribution >= 0.6 is 0 Å². The quantitative estimate of drug-likeness (QED) is 0.555. The number of aromatic nitrogens is 4. The third-order valence-corrected chi connectivity index (χ3v) is 4.51. The van der Waals surface area contributed by atoms with Crippen molar-refractivity contribution in [1.82, 2.24) is 19.2 Å². The van der Waals surface area contributed by atoms with Gasteiger partial charge in [-0.15, -0.1) is 0 Å². The molecular weight excluding hydrogens is 332 g/mol. The van der Waals surface area contributed by atoms with Crippen molar-refractivity contribution < 1.29 is 9.47 Å². The summed E-state index contributed by atoms with van der Waals surface area (Å²) in [5.74, 6) is 1.46. The Labute approximate surface area is 148 Å². The Bertz CT molecular complexity index is 1210. The van der Waals surface area contributed by atoms with E-state index in [1.807, 2.05) is 37.3 Å². The molecule has 3 aromatic heterocycles. The summed E-state index contributed by atoms with van der Waals surface area (Å²) in [7, 11) is 0. The van der Waals surface area contributed by atoms with Gasteiger partial charge in [-0.05, 0) is 30.7 Å². The van der Waals surface area contributed by atoms with E-state index in [2.05, 4.69) is 10.1 Å². The first-order valence-electron chi connectivity index (χ1n) is 8.42. The molecule has 5 rings (SSSR count). The average Bonchev–Trinajstić information content (AvgIpc) is 3.04. The van der Waals surface area contributed by atoms with E-state index in [-0.39, 0.29) is 5.56 Å². The fourth-order valence-electron chi connectivity index (χ4n) is 3.28. The number of benzene rings is 1. The summed E-state index contributed by atoms with van der Waals surface area (Å²) >= 11 is 0. The van der Waals surface area contributed by atoms with Gasteiger partial charge in [-0.1, -0.05) is 6.07 Å². The van der Waals surface area contributed by atoms with Crippen molar-refractivity contribution in [2.24, 2.45) is 0 Å². The summed E-state index contributed by atoms with van der Waals surface area (Å²) in [6.45, 7) is 3.45. The topological polar surface area (TPSA) is 70.7 Å². The SMILES string of the molecule is Cc1cc2ncc3c(=O)n(Cc4ccc5c(c4)OCCO5)ccc3n2n1. The Kier molecular flexibility index (Phi) is 3.21. The highest BCUT2D eigenvalue weighted by atomic mass is 16.6. The molecule has 0 fully saturated rings. The first-order chi connectivity index (χ1) is 12.7. The standard InChI is InChI=1S/C19H16N4O3/c1-12-8-18-20-10-14-15(23(18)21-12)4-5-22(19(14)24)11-13-2-3-16-17(9-13)26-7-6-25-16/h2-5,8-10H,6-7,11H2,1H3. The van der Waals surface area contributed by atoms with E-state index in [1.165, 1.54) is 0 Å². The highest BCUT2D eigenvalue weighted by Crippen LogP contribution is 2.30. The lowest BCUT2D eigenvalue weighted by Gasteiger charge is -2.19. The van der Waals surface area contributed by atoms with Crippen molar-refractivity contribution >= 4 is 16.6 Å². The predicted molar refractivity (Wildman–Crippen MR) is 96.0 cm³/mol. The van der Waals surface area contributed by atoms with Crippen LogP contribution in [0.15, 0.2) is 47.5 Å². The van der Waals surface area contributed by atoms with Crippen molar-refractivity contribution in [2.75, 3.05) is 13.2 Å². The molecule has 0 aliphatic carbocycles. The van der Waals surface area contributed by atoms with Gasteiger partial charge in [0.2, 0.25) is 0 Å². The molecule has 130 valence electrons. The predicted octanol–water partition coefficient (Wildman–Crippen LogP) is 2.17. The molecule has 0 bridgehead atoms. The highest BCUT2D eigenvalue weighted by molar-refractivity contribution is 5.79. The maximum Gasteiger partial charge on any atom is 0.261 e. The van der Waals surface area contributed by atoms with E-state index >= 15 is 0 Å². The van der Waals surface area contributed by atoms with Crippen LogP contribution in [0, 0.1) is 6.92 Å². The number of hydrogen-bond acceptors (Lipinski definition) is 5. The third kappa shape index (κ3) is 2.32. The minimum Gasteiger partial charge on any atom is -0.486 e. The molecule has 0 saturated carbocycles. The Morgan fingerprint density at radius 1 is 1.12 bits per heavy atom. The van der Waals surface area contributed by atoms with Crippen molar-refractivity contribution in [2.45, 2.75) is 13.5 Å². The molecule has 4 aromatic rings. The zero-order valence-corrected chi connectivity index (χ0v) is 14.2. The number of fused-ring (bicyclic) bond motifs is 4. The Morgan fingerprint density at radius 3 is 2.85 bits per heavy atom. The van der Waals surface area contributed by atoms with Crippen molar-refractivity contribution in [1.29, 1.82) is 0 Å². The highest BCUT2D eigenvalue weighted by Gasteiger charge is 2.13. The number of rotatable bonds is 2. The lowest BCUT2D eigenvalue weighted by Crippen LogP contribution is -2.21. The molecule has 1 aromatic carbocycles. The van der Waals surface area contributed by atoms with E-state index in [0.717, 1.165) is 33.9 Å². The summed E-state index contributed by atoms with van der Waals surface area (Å²) in [5.41, 5.74) is 3.23. The van der Waals surface area contributed by atoms with Crippen molar-refractivity contribution in [3.05, 3.63) is 64.3 Å². The van der Waals surface area contributed by atoms with Gasteiger partial charge in [0.25, 0.3) is 5.56 Å². The normalized spacial score (nSPS) is 13.4. The first-order valence-corrected chi connectivity index (χ1v) is 8.42. The summed E-state index contributed by atoms with van der Waals surface area (Å²) in [6.07, 6.45) is 3.41. The second kappa shape index (κ2) is 5.59. The van der Waals surface area contributed by atoms with Crippen molar-refractivity contribution in [3.63, 3.8) is 0 Å². The lowest BCUT2D eigenvalue weighted by molar-refractivity contribution is 0.171. The second-order valence-corrected chi connectivity index (χ2v) is 6.34. The molecule has 0 radical (unpaired) electrons. The molecule has 26 heavy (non-hydrogen) atoms. The maximum absolute atomic E-state index is 12.9. The fourth-order valence-corrected chi connectivity index (χ4v) is 3.28. The van der Waals surface area contributed by atoms with Gasteiger partial charge in [0.15, 0.2) is 17.1 Å². The van der Waals surface area contributed by atoms with Crippen molar-refractivity contribution in [3.8, 4) is 11.5 Å². The molecule has 0 unspecified atom stereocenters. The molecule has 0 atom stereocenters. The minimum absolute atomic E-state index is 0.0973. The molecule has 1 aliphatic heterocycles. The monoisotopic (exact) mass is 348 g/mol. The molecule has 7 heteroatoms. The zero-order valence-electron chi connectivity index (χ0n) is 14.2. The van der Waals surface area contributed by atoms with Gasteiger partial charge in [-0.3, -0.25) is 4.79 Å². The van der Waals surface area contributed by atoms with E-state index < -0.39 is 0 Å². The van der Waals surface area contributed by atoms with Gasteiger partial charge in [-0.2, -0.15) is 5.10 Å². The van der Waals surface area contributed by atoms with Gasteiger partial charge in [0.05, 0.1) is 23.1 Å². The van der Waals surface area contributed by atoms with Gasteiger partial charge in [0.1, 0.15) is 13.2 Å². The van der Waals surface area contributed by atoms with Gasteiger partial charge >= 0.3 is 0 Å². The van der Waals surface area contributed by atoms with Crippen LogP contribution in [0.3, 0.4) is 0 Å². The van der Waals surface area contributed by atoms with Crippen LogP contribution in [0.2, 0.25) is 0 Å². The smallest absolute Gasteiger partial charge is 0.261 e. The molecule has 0 spiro atoms. The summed E-state index contributed by atoms with van der Waals surface area (Å²) in [5, 5.41) is 4.96. The average molecular weight is 348 g/mol. The minimum atomic E-state index is -0.0973. The number of nitrogens with zero attached hydrogens (tertiary/aromatic N) is 4. The molecule has 0 N–H and O–H groups in total. The summed E-state index contributed by atoms with van der Waals surface area (Å²) < 4.78 is 14.5. The summed E-state index contributed by atoms with van der Waals surface area (Å²) in [4.78, 5) is 17.2. The van der Waals surface area contributed by atoms with Crippen LogP contribution in [0.1, 0.15) is 11.3 Å². The fraction of sp³-hybridized carbons (Fsp3) is 0.211.